The van der Waals surface area contributed by atoms with Gasteiger partial charge in [0.1, 0.15) is 0 Å². The number of anilines is 1. The van der Waals surface area contributed by atoms with Crippen LogP contribution in [-0.2, 0) is 4.79 Å². The molecule has 24 heavy (non-hydrogen) atoms. The molecule has 1 fully saturated rings. The molecular formula is C18H19NO4Se. The van der Waals surface area contributed by atoms with E-state index in [1.165, 1.54) is 10.0 Å². The third-order valence-electron chi connectivity index (χ3n) is 4.03. The Kier molecular flexibility index (Phi) is 4.43. The summed E-state index contributed by atoms with van der Waals surface area (Å²) in [5.41, 5.74) is 2.58. The van der Waals surface area contributed by atoms with Crippen molar-refractivity contribution in [1.82, 2.24) is 0 Å². The van der Waals surface area contributed by atoms with Gasteiger partial charge in [0.15, 0.2) is 0 Å². The van der Waals surface area contributed by atoms with E-state index in [9.17, 15) is 4.79 Å². The zero-order valence-electron chi connectivity index (χ0n) is 14.1. The van der Waals surface area contributed by atoms with Crippen LogP contribution in [0.1, 0.15) is 16.0 Å². The molecule has 2 aromatic rings. The molecule has 0 aliphatic carbocycles. The van der Waals surface area contributed by atoms with Crippen molar-refractivity contribution in [2.75, 3.05) is 26.2 Å². The maximum absolute atomic E-state index is 12.4. The van der Waals surface area contributed by atoms with E-state index in [0.29, 0.717) is 28.5 Å². The van der Waals surface area contributed by atoms with Crippen molar-refractivity contribution in [3.8, 4) is 17.2 Å². The Hall–Kier alpha value is -2.17. The van der Waals surface area contributed by atoms with Gasteiger partial charge in [0, 0.05) is 0 Å². The molecule has 1 atom stereocenters. The molecule has 1 aliphatic rings. The Bertz CT molecular complexity index is 786. The van der Waals surface area contributed by atoms with Crippen molar-refractivity contribution in [2.45, 2.75) is 13.0 Å². The molecule has 1 aromatic heterocycles. The molecule has 0 N–H and O–H groups in total. The molecule has 2 heterocycles. The Morgan fingerprint density at radius 3 is 2.17 bits per heavy atom. The minimum absolute atomic E-state index is 0.0736. The van der Waals surface area contributed by atoms with Crippen LogP contribution >= 0.6 is 0 Å². The molecule has 1 amide bonds. The van der Waals surface area contributed by atoms with Crippen LogP contribution in [0.3, 0.4) is 0 Å². The predicted molar refractivity (Wildman–Crippen MR) is 93.6 cm³/mol. The van der Waals surface area contributed by atoms with Crippen LogP contribution in [-0.4, -0.2) is 41.7 Å². The van der Waals surface area contributed by atoms with Crippen LogP contribution in [0.5, 0.6) is 17.2 Å². The summed E-state index contributed by atoms with van der Waals surface area (Å²) in [6, 6.07) is 5.64. The van der Waals surface area contributed by atoms with Gasteiger partial charge in [0.05, 0.1) is 0 Å². The topological polar surface area (TPSA) is 48.0 Å². The maximum atomic E-state index is 12.4. The molecule has 0 unspecified atom stereocenters. The van der Waals surface area contributed by atoms with Crippen molar-refractivity contribution in [3.05, 3.63) is 45.3 Å². The number of β-lactam (4-membered cyclic amide) rings is 1. The van der Waals surface area contributed by atoms with Gasteiger partial charge in [-0.25, -0.2) is 0 Å². The number of hydrogen-bond donors (Lipinski definition) is 0. The minimum atomic E-state index is -0.0889. The van der Waals surface area contributed by atoms with Crippen LogP contribution in [0.15, 0.2) is 35.3 Å². The first-order chi connectivity index (χ1) is 11.5. The zero-order valence-corrected chi connectivity index (χ0v) is 15.8. The van der Waals surface area contributed by atoms with Crippen LogP contribution in [0.2, 0.25) is 0 Å². The molecule has 126 valence electrons. The average Bonchev–Trinajstić information content (AvgIpc) is 3.02. The van der Waals surface area contributed by atoms with Crippen molar-refractivity contribution >= 4 is 26.1 Å². The number of hydrogen-bond acceptors (Lipinski definition) is 4. The molecule has 0 radical (unpaired) electrons. The number of ether oxygens (including phenoxy) is 3. The normalized spacial score (nSPS) is 16.8. The van der Waals surface area contributed by atoms with Crippen molar-refractivity contribution in [1.29, 1.82) is 0 Å². The number of methoxy groups -OCH3 is 3. The summed E-state index contributed by atoms with van der Waals surface area (Å²) in [7, 11) is 4.68. The van der Waals surface area contributed by atoms with E-state index in [-0.39, 0.29) is 26.5 Å². The number of nitrogens with zero attached hydrogens (tertiary/aromatic N) is 1. The summed E-state index contributed by atoms with van der Waals surface area (Å²) in [5.74, 6) is 1.48. The average molecular weight is 392 g/mol. The zero-order chi connectivity index (χ0) is 17.4. The van der Waals surface area contributed by atoms with E-state index in [2.05, 4.69) is 24.5 Å². The van der Waals surface area contributed by atoms with Gasteiger partial charge >= 0.3 is 147 Å². The van der Waals surface area contributed by atoms with Gasteiger partial charge in [-0.2, -0.15) is 0 Å². The Morgan fingerprint density at radius 1 is 1.08 bits per heavy atom. The van der Waals surface area contributed by atoms with E-state index in [1.54, 1.807) is 38.4 Å². The number of carbonyl (C=O) groups excluding carboxylic acids is 1. The number of amides is 1. The second-order valence-electron chi connectivity index (χ2n) is 5.51. The standard InChI is InChI=1S/C18H19NO4Se/c1-10-6-15(24-9-10)16-11(2)18(20)19(16)12-7-13(21-3)17(23-5)14(8-12)22-4/h6-9,16H,2H2,1,3-5H3/t16-/m0/s1. The van der Waals surface area contributed by atoms with E-state index >= 15 is 0 Å². The van der Waals surface area contributed by atoms with E-state index in [4.69, 9.17) is 14.2 Å². The quantitative estimate of drug-likeness (QED) is 0.446. The van der Waals surface area contributed by atoms with E-state index in [0.717, 1.165) is 0 Å². The van der Waals surface area contributed by atoms with Crippen LogP contribution < -0.4 is 19.1 Å². The fourth-order valence-electron chi connectivity index (χ4n) is 2.85. The predicted octanol–water partition coefficient (Wildman–Crippen LogP) is 2.72. The molecule has 1 saturated heterocycles. The Balaban J connectivity index is 2.06. The molecule has 1 aromatic carbocycles. The molecule has 6 heteroatoms. The number of aryl methyl sites for hydroxylation is 1. The van der Waals surface area contributed by atoms with Gasteiger partial charge in [-0.05, 0) is 0 Å². The Morgan fingerprint density at radius 2 is 1.71 bits per heavy atom. The van der Waals surface area contributed by atoms with Crippen LogP contribution in [0.4, 0.5) is 5.69 Å². The molecule has 0 spiro atoms. The fourth-order valence-corrected chi connectivity index (χ4v) is 4.99. The molecule has 1 aliphatic heterocycles. The second kappa shape index (κ2) is 6.38. The first-order valence-corrected chi connectivity index (χ1v) is 9.23. The first-order valence-electron chi connectivity index (χ1n) is 7.39. The van der Waals surface area contributed by atoms with Crippen LogP contribution in [0.25, 0.3) is 0 Å². The SMILES string of the molecule is C=C1C(=O)N(c2cc(OC)c(OC)c(OC)c2)[C@@H]1c1cc(C)c[se]1. The van der Waals surface area contributed by atoms with Gasteiger partial charge in [-0.3, -0.25) is 0 Å². The third-order valence-corrected chi connectivity index (χ3v) is 6.34. The second-order valence-corrected chi connectivity index (χ2v) is 7.49. The summed E-state index contributed by atoms with van der Waals surface area (Å²) in [6.07, 6.45) is 0. The van der Waals surface area contributed by atoms with E-state index in [1.807, 2.05) is 0 Å². The summed E-state index contributed by atoms with van der Waals surface area (Å²) in [4.78, 5) is 16.4. The van der Waals surface area contributed by atoms with Crippen LogP contribution in [0, 0.1) is 6.92 Å². The van der Waals surface area contributed by atoms with Crippen molar-refractivity contribution < 1.29 is 19.0 Å². The molecule has 0 bridgehead atoms. The Labute approximate surface area is 147 Å². The van der Waals surface area contributed by atoms with Gasteiger partial charge in [0.2, 0.25) is 0 Å². The van der Waals surface area contributed by atoms with Gasteiger partial charge < -0.3 is 0 Å². The van der Waals surface area contributed by atoms with Crippen molar-refractivity contribution in [2.24, 2.45) is 0 Å². The number of benzene rings is 1. The third kappa shape index (κ3) is 2.52. The van der Waals surface area contributed by atoms with Gasteiger partial charge in [-0.15, -0.1) is 0 Å². The van der Waals surface area contributed by atoms with Crippen molar-refractivity contribution in [3.63, 3.8) is 0 Å². The molecule has 0 saturated carbocycles. The van der Waals surface area contributed by atoms with E-state index < -0.39 is 0 Å². The summed E-state index contributed by atoms with van der Waals surface area (Å²) < 4.78 is 17.4. The monoisotopic (exact) mass is 393 g/mol. The van der Waals surface area contributed by atoms with Gasteiger partial charge in [0.25, 0.3) is 0 Å². The summed E-state index contributed by atoms with van der Waals surface area (Å²) in [6.45, 7) is 6.03. The molecular weight excluding hydrogens is 373 g/mol. The summed E-state index contributed by atoms with van der Waals surface area (Å²) >= 11 is 0.247. The summed E-state index contributed by atoms with van der Waals surface area (Å²) in [5, 5.41) is 0. The van der Waals surface area contributed by atoms with Gasteiger partial charge in [-0.1, -0.05) is 0 Å². The molecule has 3 rings (SSSR count). The fraction of sp³-hybridized carbons (Fsp3) is 0.278. The number of rotatable bonds is 5. The first kappa shape index (κ1) is 16.7. The number of carbonyl (C=O) groups is 1. The molecule has 5 nitrogen and oxygen atoms in total.